The second-order valence-electron chi connectivity index (χ2n) is 9.39. The monoisotopic (exact) mass is 487 g/mol. The normalized spacial score (nSPS) is 18.3. The van der Waals surface area contributed by atoms with Gasteiger partial charge in [-0.15, -0.1) is 11.3 Å². The van der Waals surface area contributed by atoms with Crippen molar-refractivity contribution in [1.29, 1.82) is 0 Å². The maximum atomic E-state index is 13.3. The fourth-order valence-corrected chi connectivity index (χ4v) is 6.04. The SMILES string of the molecule is CC(=O)N(CCC1=CCCCC1)C1CC(=O)N(c2ccc(-c3nc4ccc(C)cc4s3)cc2)C1=O. The number of aromatic nitrogens is 1. The molecule has 1 aliphatic carbocycles. The Balaban J connectivity index is 1.33. The van der Waals surface area contributed by atoms with Gasteiger partial charge in [0.1, 0.15) is 11.0 Å². The Kier molecular flexibility index (Phi) is 6.52. The van der Waals surface area contributed by atoms with Crippen molar-refractivity contribution in [3.8, 4) is 10.6 Å². The van der Waals surface area contributed by atoms with Crippen molar-refractivity contribution >= 4 is 45.0 Å². The van der Waals surface area contributed by atoms with Gasteiger partial charge in [-0.25, -0.2) is 9.88 Å². The molecule has 2 heterocycles. The quantitative estimate of drug-likeness (QED) is 0.333. The summed E-state index contributed by atoms with van der Waals surface area (Å²) in [5.74, 6) is -0.770. The summed E-state index contributed by atoms with van der Waals surface area (Å²) in [6, 6.07) is 12.8. The molecule has 1 saturated heterocycles. The number of hydrogen-bond donors (Lipinski definition) is 0. The molecule has 1 unspecified atom stereocenters. The molecule has 2 aliphatic rings. The minimum absolute atomic E-state index is 0.0242. The number of carbonyl (C=O) groups is 3. The number of rotatable bonds is 6. The number of aryl methyl sites for hydroxylation is 1. The maximum Gasteiger partial charge on any atom is 0.257 e. The van der Waals surface area contributed by atoms with Gasteiger partial charge >= 0.3 is 0 Å². The molecule has 35 heavy (non-hydrogen) atoms. The number of fused-ring (bicyclic) bond motifs is 1. The van der Waals surface area contributed by atoms with E-state index in [2.05, 4.69) is 19.1 Å². The van der Waals surface area contributed by atoms with Crippen LogP contribution in [0.15, 0.2) is 54.1 Å². The first-order valence-corrected chi connectivity index (χ1v) is 13.0. The van der Waals surface area contributed by atoms with Gasteiger partial charge in [-0.05, 0) is 81.0 Å². The third kappa shape index (κ3) is 4.78. The van der Waals surface area contributed by atoms with Crippen LogP contribution < -0.4 is 4.90 Å². The van der Waals surface area contributed by atoms with Gasteiger partial charge in [0.05, 0.1) is 22.3 Å². The summed E-state index contributed by atoms with van der Waals surface area (Å²) in [6.07, 6.45) is 7.55. The summed E-state index contributed by atoms with van der Waals surface area (Å²) in [5.41, 5.74) is 4.97. The van der Waals surface area contributed by atoms with Crippen LogP contribution in [-0.2, 0) is 14.4 Å². The Morgan fingerprint density at radius 3 is 2.66 bits per heavy atom. The summed E-state index contributed by atoms with van der Waals surface area (Å²) in [6.45, 7) is 4.00. The Bertz CT molecular complexity index is 1320. The molecule has 1 fully saturated rings. The standard InChI is InChI=1S/C28H29N3O3S/c1-18-8-13-23-25(16-18)35-27(29-23)21-9-11-22(12-10-21)31-26(33)17-24(28(31)34)30(19(2)32)15-14-20-6-4-3-5-7-20/h6,8-13,16,24H,3-5,7,14-15,17H2,1-2H3. The Hall–Kier alpha value is -3.32. The molecule has 0 radical (unpaired) electrons. The van der Waals surface area contributed by atoms with Crippen molar-refractivity contribution in [1.82, 2.24) is 9.88 Å². The minimum Gasteiger partial charge on any atom is -0.330 e. The topological polar surface area (TPSA) is 70.6 Å². The lowest BCUT2D eigenvalue weighted by Crippen LogP contribution is -2.45. The van der Waals surface area contributed by atoms with Crippen LogP contribution in [0.3, 0.4) is 0 Å². The Labute approximate surface area is 209 Å². The van der Waals surface area contributed by atoms with Gasteiger partial charge in [0.2, 0.25) is 11.8 Å². The molecular formula is C28H29N3O3S. The number of allylic oxidation sites excluding steroid dienone is 1. The highest BCUT2D eigenvalue weighted by Gasteiger charge is 2.43. The summed E-state index contributed by atoms with van der Waals surface area (Å²) >= 11 is 1.62. The van der Waals surface area contributed by atoms with E-state index in [0.717, 1.165) is 40.1 Å². The van der Waals surface area contributed by atoms with E-state index in [1.165, 1.54) is 35.8 Å². The molecule has 7 heteroatoms. The smallest absolute Gasteiger partial charge is 0.257 e. The second-order valence-corrected chi connectivity index (χ2v) is 10.4. The van der Waals surface area contributed by atoms with Crippen LogP contribution in [-0.4, -0.2) is 40.2 Å². The lowest BCUT2D eigenvalue weighted by Gasteiger charge is -2.27. The molecule has 2 aromatic carbocycles. The van der Waals surface area contributed by atoms with E-state index < -0.39 is 6.04 Å². The molecule has 1 aliphatic heterocycles. The number of thiazole rings is 1. The van der Waals surface area contributed by atoms with E-state index in [4.69, 9.17) is 4.98 Å². The van der Waals surface area contributed by atoms with E-state index in [0.29, 0.717) is 12.2 Å². The number of benzene rings is 2. The van der Waals surface area contributed by atoms with Gasteiger partial charge in [0.25, 0.3) is 5.91 Å². The van der Waals surface area contributed by atoms with E-state index >= 15 is 0 Å². The van der Waals surface area contributed by atoms with Gasteiger partial charge < -0.3 is 4.90 Å². The molecule has 6 nitrogen and oxygen atoms in total. The molecular weight excluding hydrogens is 458 g/mol. The van der Waals surface area contributed by atoms with Gasteiger partial charge in [0.15, 0.2) is 0 Å². The van der Waals surface area contributed by atoms with Crippen LogP contribution in [0.4, 0.5) is 5.69 Å². The molecule has 0 spiro atoms. The van der Waals surface area contributed by atoms with Gasteiger partial charge in [-0.1, -0.05) is 17.7 Å². The van der Waals surface area contributed by atoms with Crippen molar-refractivity contribution in [3.05, 3.63) is 59.7 Å². The maximum absolute atomic E-state index is 13.3. The molecule has 3 aromatic rings. The summed E-state index contributed by atoms with van der Waals surface area (Å²) < 4.78 is 1.13. The summed E-state index contributed by atoms with van der Waals surface area (Å²) in [4.78, 5) is 46.1. The van der Waals surface area contributed by atoms with Crippen LogP contribution in [0.1, 0.15) is 51.0 Å². The predicted octanol–water partition coefficient (Wildman–Crippen LogP) is 5.64. The van der Waals surface area contributed by atoms with Gasteiger partial charge in [-0.3, -0.25) is 14.4 Å². The zero-order valence-corrected chi connectivity index (χ0v) is 20.9. The number of imide groups is 1. The second kappa shape index (κ2) is 9.74. The summed E-state index contributed by atoms with van der Waals surface area (Å²) in [5, 5.41) is 0.897. The fourth-order valence-electron chi connectivity index (χ4n) is 4.97. The van der Waals surface area contributed by atoms with E-state index in [1.807, 2.05) is 24.3 Å². The average Bonchev–Trinajstić information content (AvgIpc) is 3.40. The molecule has 0 saturated carbocycles. The molecule has 5 rings (SSSR count). The number of nitrogens with zero attached hydrogens (tertiary/aromatic N) is 3. The first kappa shape index (κ1) is 23.4. The van der Waals surface area contributed by atoms with Crippen molar-refractivity contribution in [3.63, 3.8) is 0 Å². The van der Waals surface area contributed by atoms with E-state index in [9.17, 15) is 14.4 Å². The van der Waals surface area contributed by atoms with E-state index in [-0.39, 0.29) is 24.1 Å². The third-order valence-corrected chi connectivity index (χ3v) is 7.95. The molecule has 1 atom stereocenters. The number of amides is 3. The molecule has 0 N–H and O–H groups in total. The van der Waals surface area contributed by atoms with Crippen LogP contribution >= 0.6 is 11.3 Å². The highest BCUT2D eigenvalue weighted by atomic mass is 32.1. The van der Waals surface area contributed by atoms with Crippen molar-refractivity contribution < 1.29 is 14.4 Å². The number of anilines is 1. The van der Waals surface area contributed by atoms with Gasteiger partial charge in [0, 0.05) is 19.0 Å². The van der Waals surface area contributed by atoms with Gasteiger partial charge in [-0.2, -0.15) is 0 Å². The Morgan fingerprint density at radius 1 is 1.14 bits per heavy atom. The molecule has 3 amide bonds. The lowest BCUT2D eigenvalue weighted by atomic mass is 9.97. The first-order chi connectivity index (χ1) is 16.9. The molecule has 180 valence electrons. The number of carbonyl (C=O) groups excluding carboxylic acids is 3. The average molecular weight is 488 g/mol. The summed E-state index contributed by atoms with van der Waals surface area (Å²) in [7, 11) is 0. The number of hydrogen-bond acceptors (Lipinski definition) is 5. The van der Waals surface area contributed by atoms with Crippen LogP contribution in [0, 0.1) is 6.92 Å². The minimum atomic E-state index is -0.739. The molecule has 0 bridgehead atoms. The zero-order valence-electron chi connectivity index (χ0n) is 20.1. The van der Waals surface area contributed by atoms with Crippen LogP contribution in [0.5, 0.6) is 0 Å². The Morgan fingerprint density at radius 2 is 1.94 bits per heavy atom. The fraction of sp³-hybridized carbons (Fsp3) is 0.357. The predicted molar refractivity (Wildman–Crippen MR) is 139 cm³/mol. The third-order valence-electron chi connectivity index (χ3n) is 6.88. The highest BCUT2D eigenvalue weighted by molar-refractivity contribution is 7.21. The van der Waals surface area contributed by atoms with E-state index in [1.54, 1.807) is 28.4 Å². The van der Waals surface area contributed by atoms with Crippen LogP contribution in [0.2, 0.25) is 0 Å². The van der Waals surface area contributed by atoms with Crippen LogP contribution in [0.25, 0.3) is 20.8 Å². The zero-order chi connectivity index (χ0) is 24.5. The van der Waals surface area contributed by atoms with Crippen molar-refractivity contribution in [2.45, 2.75) is 58.4 Å². The largest absolute Gasteiger partial charge is 0.330 e. The molecule has 1 aromatic heterocycles. The first-order valence-electron chi connectivity index (χ1n) is 12.2. The highest BCUT2D eigenvalue weighted by Crippen LogP contribution is 2.33. The van der Waals surface area contributed by atoms with Crippen molar-refractivity contribution in [2.75, 3.05) is 11.4 Å². The lowest BCUT2D eigenvalue weighted by molar-refractivity contribution is -0.136. The van der Waals surface area contributed by atoms with Crippen molar-refractivity contribution in [2.24, 2.45) is 0 Å².